The summed E-state index contributed by atoms with van der Waals surface area (Å²) in [5, 5.41) is 2.25. The average molecular weight is 783 g/mol. The molecule has 2 aromatic carbocycles. The van der Waals surface area contributed by atoms with E-state index in [4.69, 9.17) is 9.72 Å². The van der Waals surface area contributed by atoms with Gasteiger partial charge in [0, 0.05) is 34.3 Å². The molecule has 2 heterocycles. The van der Waals surface area contributed by atoms with Gasteiger partial charge in [0.25, 0.3) is 5.91 Å². The zero-order valence-electron chi connectivity index (χ0n) is 33.8. The Hall–Kier alpha value is -2.69. The van der Waals surface area contributed by atoms with Gasteiger partial charge in [-0.15, -0.1) is 13.2 Å². The van der Waals surface area contributed by atoms with Gasteiger partial charge in [0.15, 0.2) is 0 Å². The van der Waals surface area contributed by atoms with Crippen LogP contribution in [0.1, 0.15) is 61.0 Å². The number of hydrogen-bond donors (Lipinski definition) is 1. The van der Waals surface area contributed by atoms with Crippen molar-refractivity contribution in [1.82, 2.24) is 10.3 Å². The van der Waals surface area contributed by atoms with E-state index >= 15 is 0 Å². The molecule has 0 spiro atoms. The van der Waals surface area contributed by atoms with Crippen molar-refractivity contribution >= 4 is 123 Å². The van der Waals surface area contributed by atoms with Crippen molar-refractivity contribution in [2.75, 3.05) is 11.4 Å². The molecule has 4 rings (SSSR count). The third-order valence-electron chi connectivity index (χ3n) is 13.1. The molecule has 0 saturated carbocycles. The van der Waals surface area contributed by atoms with Gasteiger partial charge < -0.3 is 19.7 Å². The first kappa shape index (κ1) is 43.0. The van der Waals surface area contributed by atoms with Gasteiger partial charge in [0.1, 0.15) is 48.6 Å². The number of ether oxygens (including phenoxy) is 2. The van der Waals surface area contributed by atoms with Gasteiger partial charge in [0.2, 0.25) is 0 Å². The summed E-state index contributed by atoms with van der Waals surface area (Å²) in [4.78, 5) is 35.1. The minimum absolute atomic E-state index is 0.0680. The van der Waals surface area contributed by atoms with Crippen LogP contribution in [0.25, 0.3) is 10.9 Å². The number of nitrogens with one attached hydrogen (secondary N) is 1. The van der Waals surface area contributed by atoms with Crippen LogP contribution in [0.15, 0.2) is 46.9 Å². The molecule has 1 N–H and O–H groups in total. The number of halogens is 4. The Morgan fingerprint density at radius 1 is 0.906 bits per heavy atom. The molecule has 1 aromatic heterocycles. The van der Waals surface area contributed by atoms with Crippen LogP contribution in [-0.2, 0) is 9.53 Å². The fraction of sp³-hybridized carbons (Fsp3) is 0.469. The maximum absolute atomic E-state index is 14.6. The lowest BCUT2D eigenvalue weighted by Gasteiger charge is -2.77. The highest BCUT2D eigenvalue weighted by molar-refractivity contribution is 9.10. The summed E-state index contributed by atoms with van der Waals surface area (Å²) in [5.74, 6) is -1.30. The molecular weight excluding hydrogens is 735 g/mol. The molecule has 0 aliphatic carbocycles. The zero-order valence-corrected chi connectivity index (χ0v) is 35.4. The van der Waals surface area contributed by atoms with Crippen molar-refractivity contribution in [1.29, 1.82) is 0 Å². The SMILES string of the molecule is BC1(B)N(c2nc3ccc(Br)cc3c(C(=O)NCC(CCC(=O)OC(C)(C)C)c3ccccc3OC(F)(F)F)c2C)C(B)(B)C(B)(B)C(B)(B)C1(B)B. The summed E-state index contributed by atoms with van der Waals surface area (Å²) >= 11 is 3.57. The van der Waals surface area contributed by atoms with Gasteiger partial charge in [-0.3, -0.25) is 9.59 Å². The maximum atomic E-state index is 14.6. The largest absolute Gasteiger partial charge is 0.573 e. The second kappa shape index (κ2) is 14.4. The number of esters is 1. The first-order chi connectivity index (χ1) is 24.0. The first-order valence-corrected chi connectivity index (χ1v) is 19.0. The number of amides is 1. The Balaban J connectivity index is 1.84. The van der Waals surface area contributed by atoms with Gasteiger partial charge >= 0.3 is 12.3 Å². The standard InChI is InChI=1S/C32H47B10BrF3N3O4/c1-15-23(25(51)47-14-16(9-12-22(50)53-26(2,3)4)18-7-5-6-8-21(18)52-32(44,45)46)19-13-17(43)10-11-20(19)48-24(15)49-30(39,40)28(35,36)27(33,34)29(37,38)31(49,41)42/h5-8,10-11,13,16H,9,12,14,33-42H2,1-4H3,(H,47,51). The zero-order chi connectivity index (χ0) is 40.3. The summed E-state index contributed by atoms with van der Waals surface area (Å²) in [6, 6.07) is 11.5. The number of aromatic nitrogens is 1. The number of benzene rings is 2. The molecule has 1 amide bonds. The van der Waals surface area contributed by atoms with Gasteiger partial charge in [-0.2, -0.15) is 0 Å². The first-order valence-electron chi connectivity index (χ1n) is 18.2. The van der Waals surface area contributed by atoms with Gasteiger partial charge in [0.05, 0.1) is 58.2 Å². The van der Waals surface area contributed by atoms with Gasteiger partial charge in [-0.05, 0) is 74.6 Å². The molecule has 1 fully saturated rings. The number of fused-ring (bicyclic) bond motifs is 1. The van der Waals surface area contributed by atoms with Crippen LogP contribution in [0.2, 0.25) is 15.6 Å². The van der Waals surface area contributed by atoms with Crippen LogP contribution < -0.4 is 15.0 Å². The van der Waals surface area contributed by atoms with E-state index < -0.39 is 40.4 Å². The molecule has 1 aliphatic heterocycles. The summed E-state index contributed by atoms with van der Waals surface area (Å²) in [7, 11) is 22.9. The van der Waals surface area contributed by atoms with Crippen LogP contribution in [0.4, 0.5) is 19.0 Å². The predicted molar refractivity (Wildman–Crippen MR) is 239 cm³/mol. The van der Waals surface area contributed by atoms with E-state index in [1.54, 1.807) is 26.8 Å². The molecule has 0 bridgehead atoms. The van der Waals surface area contributed by atoms with E-state index in [1.165, 1.54) is 18.2 Å². The fourth-order valence-corrected chi connectivity index (χ4v) is 8.68. The van der Waals surface area contributed by atoms with E-state index in [0.29, 0.717) is 27.8 Å². The van der Waals surface area contributed by atoms with Crippen LogP contribution in [0.5, 0.6) is 5.75 Å². The minimum Gasteiger partial charge on any atom is -0.460 e. The van der Waals surface area contributed by atoms with E-state index in [9.17, 15) is 22.8 Å². The van der Waals surface area contributed by atoms with Crippen molar-refractivity contribution in [2.45, 2.75) is 84.7 Å². The van der Waals surface area contributed by atoms with E-state index in [2.05, 4.69) is 109 Å². The van der Waals surface area contributed by atoms with Crippen LogP contribution >= 0.6 is 15.9 Å². The number of carbonyl (C=O) groups is 2. The third kappa shape index (κ3) is 8.02. The molecular formula is C32H47B10BrF3N3O4. The minimum atomic E-state index is -4.93. The molecule has 1 unspecified atom stereocenters. The highest BCUT2D eigenvalue weighted by atomic mass is 79.9. The van der Waals surface area contributed by atoms with E-state index in [1.807, 2.05) is 25.1 Å². The Morgan fingerprint density at radius 2 is 1.47 bits per heavy atom. The molecule has 53 heavy (non-hydrogen) atoms. The van der Waals surface area contributed by atoms with E-state index in [-0.39, 0.29) is 46.3 Å². The third-order valence-corrected chi connectivity index (χ3v) is 13.6. The number of alkyl halides is 3. The van der Waals surface area contributed by atoms with Crippen molar-refractivity contribution in [3.8, 4) is 5.75 Å². The Bertz CT molecular complexity index is 1880. The summed E-state index contributed by atoms with van der Waals surface area (Å²) in [6.07, 6.45) is -4.90. The second-order valence-electron chi connectivity index (χ2n) is 18.0. The highest BCUT2D eigenvalue weighted by Gasteiger charge is 2.66. The molecule has 1 atom stereocenters. The summed E-state index contributed by atoms with van der Waals surface area (Å²) < 4.78 is 51.2. The summed E-state index contributed by atoms with van der Waals surface area (Å²) in [5.41, 5.74) is 1.23. The molecule has 1 saturated heterocycles. The fourth-order valence-electron chi connectivity index (χ4n) is 8.32. The smallest absolute Gasteiger partial charge is 0.460 e. The molecule has 0 radical (unpaired) electrons. The van der Waals surface area contributed by atoms with Crippen LogP contribution in [-0.4, -0.2) is 125 Å². The highest BCUT2D eigenvalue weighted by Crippen LogP contribution is 2.69. The van der Waals surface area contributed by atoms with Crippen molar-refractivity contribution < 1.29 is 32.2 Å². The topological polar surface area (TPSA) is 80.8 Å². The monoisotopic (exact) mass is 783 g/mol. The molecule has 3 aromatic rings. The number of carbonyl (C=O) groups excluding carboxylic acids is 2. The average Bonchev–Trinajstić information content (AvgIpc) is 2.99. The molecule has 7 nitrogen and oxygen atoms in total. The van der Waals surface area contributed by atoms with Crippen molar-refractivity contribution in [2.24, 2.45) is 0 Å². The van der Waals surface area contributed by atoms with Gasteiger partial charge in [-0.25, -0.2) is 4.98 Å². The number of hydrogen-bond acceptors (Lipinski definition) is 6. The second-order valence-corrected chi connectivity index (χ2v) is 19.0. The molecule has 21 heteroatoms. The Kier molecular flexibility index (Phi) is 11.7. The lowest BCUT2D eigenvalue weighted by atomic mass is 9.05. The van der Waals surface area contributed by atoms with Crippen molar-refractivity contribution in [3.63, 3.8) is 0 Å². The Morgan fingerprint density at radius 3 is 2.02 bits per heavy atom. The number of para-hydroxylation sites is 1. The molecule has 272 valence electrons. The number of pyridine rings is 1. The number of piperidine rings is 1. The Labute approximate surface area is 329 Å². The number of rotatable bonds is 9. The summed E-state index contributed by atoms with van der Waals surface area (Å²) in [6.45, 7) is 7.09. The van der Waals surface area contributed by atoms with Crippen LogP contribution in [0.3, 0.4) is 0 Å². The maximum Gasteiger partial charge on any atom is 0.573 e. The van der Waals surface area contributed by atoms with Gasteiger partial charge in [-0.1, -0.05) is 49.8 Å². The van der Waals surface area contributed by atoms with Crippen molar-refractivity contribution in [3.05, 3.63) is 63.6 Å². The number of anilines is 1. The lowest BCUT2D eigenvalue weighted by molar-refractivity contribution is -0.275. The number of nitrogens with zero attached hydrogens (tertiary/aromatic N) is 2. The van der Waals surface area contributed by atoms with Crippen LogP contribution in [0, 0.1) is 6.92 Å². The molecule has 1 aliphatic rings. The quantitative estimate of drug-likeness (QED) is 0.194. The normalized spacial score (nSPS) is 19.2. The lowest BCUT2D eigenvalue weighted by Crippen LogP contribution is -2.81. The predicted octanol–water partition coefficient (Wildman–Crippen LogP) is -2.35. The van der Waals surface area contributed by atoms with E-state index in [0.717, 1.165) is 4.47 Å².